The van der Waals surface area contributed by atoms with E-state index >= 15 is 0 Å². The summed E-state index contributed by atoms with van der Waals surface area (Å²) in [5.74, 6) is 4.78. The fourth-order valence-electron chi connectivity index (χ4n) is 9.99. The Balaban J connectivity index is 1.18. The van der Waals surface area contributed by atoms with Crippen LogP contribution in [0.25, 0.3) is 45.3 Å². The molecular formula is C41H36N4. The van der Waals surface area contributed by atoms with E-state index in [0.717, 1.165) is 56.7 Å². The molecule has 45 heavy (non-hydrogen) atoms. The third-order valence-corrected chi connectivity index (χ3v) is 11.5. The quantitative estimate of drug-likeness (QED) is 0.211. The first-order chi connectivity index (χ1) is 21.9. The van der Waals surface area contributed by atoms with Gasteiger partial charge in [-0.05, 0) is 95.6 Å². The minimum Gasteiger partial charge on any atom is -0.208 e. The maximum Gasteiger partial charge on any atom is 0.164 e. The van der Waals surface area contributed by atoms with Crippen molar-refractivity contribution in [3.63, 3.8) is 0 Å². The third-order valence-electron chi connectivity index (χ3n) is 11.5. The predicted molar refractivity (Wildman–Crippen MR) is 178 cm³/mol. The van der Waals surface area contributed by atoms with Gasteiger partial charge in [-0.1, -0.05) is 98.8 Å². The Hall–Kier alpha value is -4.62. The van der Waals surface area contributed by atoms with E-state index in [1.807, 2.05) is 30.3 Å². The molecule has 4 heteroatoms. The molecule has 4 nitrogen and oxygen atoms in total. The number of hydrogen-bond acceptors (Lipinski definition) is 4. The van der Waals surface area contributed by atoms with Gasteiger partial charge in [0.1, 0.15) is 0 Å². The Kier molecular flexibility index (Phi) is 5.76. The molecule has 4 fully saturated rings. The zero-order valence-electron chi connectivity index (χ0n) is 25.9. The van der Waals surface area contributed by atoms with Gasteiger partial charge in [-0.3, -0.25) is 0 Å². The predicted octanol–water partition coefficient (Wildman–Crippen LogP) is 9.52. The van der Waals surface area contributed by atoms with Crippen molar-refractivity contribution in [2.75, 3.05) is 0 Å². The molecule has 0 atom stereocenters. The number of nitriles is 1. The Morgan fingerprint density at radius 2 is 1.20 bits per heavy atom. The number of benzene rings is 4. The summed E-state index contributed by atoms with van der Waals surface area (Å²) in [6, 6.07) is 34.3. The SMILES string of the molecule is CC1(C)c2cccc(-c3nc(-c4ccccc4)nc(-c4ccc(C56CC7CC(CC(C7)C5)C6)cc4)n3)c2-c2cccc(C#N)c21. The van der Waals surface area contributed by atoms with Crippen LogP contribution in [0, 0.1) is 29.1 Å². The van der Waals surface area contributed by atoms with Gasteiger partial charge in [0.15, 0.2) is 17.5 Å². The van der Waals surface area contributed by atoms with Crippen molar-refractivity contribution in [3.8, 4) is 51.4 Å². The zero-order chi connectivity index (χ0) is 30.3. The van der Waals surface area contributed by atoms with E-state index in [0.29, 0.717) is 22.9 Å². The van der Waals surface area contributed by atoms with E-state index < -0.39 is 0 Å². The normalized spacial score (nSPS) is 25.0. The van der Waals surface area contributed by atoms with Crippen LogP contribution in [0.5, 0.6) is 0 Å². The standard InChI is InChI=1S/C41H36N4/c1-40(2)34-13-7-12-33(35(34)32-11-6-10-30(24-42)36(32)40)39-44-37(28-8-4-3-5-9-28)43-38(45-39)29-14-16-31(17-15-29)41-21-25-18-26(22-41)20-27(19-25)23-41/h3-17,25-27H,18-23H2,1-2H3. The highest BCUT2D eigenvalue weighted by molar-refractivity contribution is 5.92. The van der Waals surface area contributed by atoms with E-state index in [1.54, 1.807) is 0 Å². The molecule has 1 aromatic heterocycles. The lowest BCUT2D eigenvalue weighted by atomic mass is 9.48. The minimum atomic E-state index is -0.307. The molecule has 4 saturated carbocycles. The van der Waals surface area contributed by atoms with Crippen molar-refractivity contribution >= 4 is 0 Å². The molecule has 0 unspecified atom stereocenters. The van der Waals surface area contributed by atoms with Crippen molar-refractivity contribution < 1.29 is 0 Å². The summed E-state index contributed by atoms with van der Waals surface area (Å²) < 4.78 is 0. The lowest BCUT2D eigenvalue weighted by Gasteiger charge is -2.57. The van der Waals surface area contributed by atoms with Crippen LogP contribution < -0.4 is 0 Å². The summed E-state index contributed by atoms with van der Waals surface area (Å²) in [6.07, 6.45) is 8.44. The van der Waals surface area contributed by atoms with Crippen LogP contribution in [0.15, 0.2) is 91.0 Å². The second-order valence-corrected chi connectivity index (χ2v) is 14.6. The number of hydrogen-bond donors (Lipinski definition) is 0. The molecule has 4 bridgehead atoms. The van der Waals surface area contributed by atoms with Crippen LogP contribution >= 0.6 is 0 Å². The van der Waals surface area contributed by atoms with Crippen LogP contribution in [0.3, 0.4) is 0 Å². The van der Waals surface area contributed by atoms with Gasteiger partial charge in [-0.25, -0.2) is 15.0 Å². The lowest BCUT2D eigenvalue weighted by Crippen LogP contribution is -2.48. The minimum absolute atomic E-state index is 0.307. The van der Waals surface area contributed by atoms with E-state index in [9.17, 15) is 5.26 Å². The van der Waals surface area contributed by atoms with Crippen molar-refractivity contribution in [3.05, 3.63) is 113 Å². The van der Waals surface area contributed by atoms with Crippen LogP contribution in [0.1, 0.15) is 74.6 Å². The Morgan fingerprint density at radius 1 is 0.622 bits per heavy atom. The molecule has 5 aliphatic carbocycles. The average Bonchev–Trinajstić information content (AvgIpc) is 3.31. The van der Waals surface area contributed by atoms with Crippen LogP contribution in [-0.2, 0) is 10.8 Å². The van der Waals surface area contributed by atoms with Gasteiger partial charge in [0.25, 0.3) is 0 Å². The molecule has 1 heterocycles. The summed E-state index contributed by atoms with van der Waals surface area (Å²) >= 11 is 0. The third kappa shape index (κ3) is 4.06. The van der Waals surface area contributed by atoms with Gasteiger partial charge in [0, 0.05) is 22.1 Å². The van der Waals surface area contributed by atoms with Gasteiger partial charge < -0.3 is 0 Å². The number of aromatic nitrogens is 3. The molecule has 220 valence electrons. The zero-order valence-corrected chi connectivity index (χ0v) is 25.9. The summed E-state index contributed by atoms with van der Waals surface area (Å²) in [4.78, 5) is 15.3. The number of rotatable bonds is 4. The molecule has 5 aromatic rings. The summed E-state index contributed by atoms with van der Waals surface area (Å²) in [6.45, 7) is 4.42. The van der Waals surface area contributed by atoms with Crippen LogP contribution in [0.2, 0.25) is 0 Å². The molecule has 0 N–H and O–H groups in total. The molecule has 10 rings (SSSR count). The lowest BCUT2D eigenvalue weighted by molar-refractivity contribution is -0.00518. The highest BCUT2D eigenvalue weighted by Crippen LogP contribution is 2.61. The molecule has 0 aliphatic heterocycles. The monoisotopic (exact) mass is 584 g/mol. The summed E-state index contributed by atoms with van der Waals surface area (Å²) in [5.41, 5.74) is 9.72. The Labute approximate surface area is 265 Å². The molecule has 0 radical (unpaired) electrons. The fraction of sp³-hybridized carbons (Fsp3) is 0.317. The highest BCUT2D eigenvalue weighted by Gasteiger charge is 2.51. The number of fused-ring (bicyclic) bond motifs is 3. The van der Waals surface area contributed by atoms with Gasteiger partial charge in [0.05, 0.1) is 11.6 Å². The largest absolute Gasteiger partial charge is 0.208 e. The fourth-order valence-corrected chi connectivity index (χ4v) is 9.99. The van der Waals surface area contributed by atoms with Gasteiger partial charge >= 0.3 is 0 Å². The van der Waals surface area contributed by atoms with Crippen molar-refractivity contribution in [1.29, 1.82) is 5.26 Å². The second kappa shape index (κ2) is 9.69. The van der Waals surface area contributed by atoms with Crippen LogP contribution in [0.4, 0.5) is 0 Å². The van der Waals surface area contributed by atoms with E-state index in [4.69, 9.17) is 15.0 Å². The molecule has 4 aromatic carbocycles. The smallest absolute Gasteiger partial charge is 0.164 e. The topological polar surface area (TPSA) is 62.5 Å². The Bertz CT molecular complexity index is 1980. The van der Waals surface area contributed by atoms with Crippen molar-refractivity contribution in [2.45, 2.75) is 63.2 Å². The molecule has 0 spiro atoms. The van der Waals surface area contributed by atoms with Gasteiger partial charge in [-0.15, -0.1) is 0 Å². The first-order valence-corrected chi connectivity index (χ1v) is 16.5. The van der Waals surface area contributed by atoms with Crippen molar-refractivity contribution in [2.24, 2.45) is 17.8 Å². The summed E-state index contributed by atoms with van der Waals surface area (Å²) in [7, 11) is 0. The summed E-state index contributed by atoms with van der Waals surface area (Å²) in [5, 5.41) is 10.0. The first kappa shape index (κ1) is 26.8. The van der Waals surface area contributed by atoms with E-state index in [-0.39, 0.29) is 5.41 Å². The molecule has 0 amide bonds. The molecule has 0 saturated heterocycles. The molecule has 5 aliphatic rings. The first-order valence-electron chi connectivity index (χ1n) is 16.5. The van der Waals surface area contributed by atoms with Crippen molar-refractivity contribution in [1.82, 2.24) is 15.0 Å². The average molecular weight is 585 g/mol. The molecular weight excluding hydrogens is 548 g/mol. The maximum atomic E-state index is 10.0. The second-order valence-electron chi connectivity index (χ2n) is 14.6. The van der Waals surface area contributed by atoms with Crippen LogP contribution in [-0.4, -0.2) is 15.0 Å². The van der Waals surface area contributed by atoms with E-state index in [2.05, 4.69) is 80.6 Å². The van der Waals surface area contributed by atoms with Gasteiger partial charge in [-0.2, -0.15) is 5.26 Å². The highest BCUT2D eigenvalue weighted by atomic mass is 15.0. The van der Waals surface area contributed by atoms with Gasteiger partial charge in [0.2, 0.25) is 0 Å². The van der Waals surface area contributed by atoms with E-state index in [1.165, 1.54) is 49.7 Å². The Morgan fingerprint density at radius 3 is 1.84 bits per heavy atom. The maximum absolute atomic E-state index is 10.0. The number of nitrogens with zero attached hydrogens (tertiary/aromatic N) is 4.